The lowest BCUT2D eigenvalue weighted by Gasteiger charge is -2.16. The first-order valence-electron chi connectivity index (χ1n) is 5.70. The van der Waals surface area contributed by atoms with Gasteiger partial charge in [0.1, 0.15) is 0 Å². The minimum Gasteiger partial charge on any atom is -0.466 e. The highest BCUT2D eigenvalue weighted by Gasteiger charge is 2.39. The minimum absolute atomic E-state index is 0.0439. The van der Waals surface area contributed by atoms with Crippen LogP contribution >= 0.6 is 0 Å². The summed E-state index contributed by atoms with van der Waals surface area (Å²) in [5.41, 5.74) is 0. The van der Waals surface area contributed by atoms with Gasteiger partial charge in [0.2, 0.25) is 0 Å². The second-order valence-corrected chi connectivity index (χ2v) is 4.38. The summed E-state index contributed by atoms with van der Waals surface area (Å²) in [6.45, 7) is 3.47. The molecule has 80 valence electrons. The molecule has 3 unspecified atom stereocenters. The van der Waals surface area contributed by atoms with Gasteiger partial charge in [-0.2, -0.15) is 0 Å². The molecule has 2 fully saturated rings. The van der Waals surface area contributed by atoms with E-state index in [0.717, 1.165) is 18.4 Å². The number of ether oxygens (including phenoxy) is 1. The Balaban J connectivity index is 1.83. The molecule has 1 aliphatic heterocycles. The van der Waals surface area contributed by atoms with Gasteiger partial charge in [-0.1, -0.05) is 6.42 Å². The van der Waals surface area contributed by atoms with Crippen molar-refractivity contribution in [3.63, 3.8) is 0 Å². The number of hydrogen-bond donors (Lipinski definition) is 1. The highest BCUT2D eigenvalue weighted by molar-refractivity contribution is 5.70. The number of fused-ring (bicyclic) bond motifs is 1. The Bertz CT molecular complexity index is 217. The zero-order chi connectivity index (χ0) is 9.97. The van der Waals surface area contributed by atoms with Gasteiger partial charge in [-0.3, -0.25) is 4.79 Å². The number of esters is 1. The Labute approximate surface area is 85.2 Å². The van der Waals surface area contributed by atoms with Crippen molar-refractivity contribution < 1.29 is 9.53 Å². The van der Waals surface area contributed by atoms with Gasteiger partial charge >= 0.3 is 5.97 Å². The average Bonchev–Trinajstić information content (AvgIpc) is 2.70. The predicted molar refractivity (Wildman–Crippen MR) is 53.9 cm³/mol. The third kappa shape index (κ3) is 1.92. The van der Waals surface area contributed by atoms with E-state index in [1.807, 2.05) is 6.92 Å². The number of nitrogens with one attached hydrogen (secondary N) is 1. The smallest absolute Gasteiger partial charge is 0.307 e. The van der Waals surface area contributed by atoms with Gasteiger partial charge in [-0.25, -0.2) is 0 Å². The van der Waals surface area contributed by atoms with Crippen LogP contribution in [0.15, 0.2) is 0 Å². The Morgan fingerprint density at radius 2 is 2.36 bits per heavy atom. The van der Waals surface area contributed by atoms with Gasteiger partial charge in [-0.15, -0.1) is 0 Å². The molecule has 1 saturated heterocycles. The second kappa shape index (κ2) is 4.30. The first kappa shape index (κ1) is 9.97. The van der Waals surface area contributed by atoms with Gasteiger partial charge in [0.25, 0.3) is 0 Å². The molecule has 1 saturated carbocycles. The third-order valence-corrected chi connectivity index (χ3v) is 3.57. The van der Waals surface area contributed by atoms with E-state index in [0.29, 0.717) is 19.1 Å². The van der Waals surface area contributed by atoms with Crippen LogP contribution in [0.4, 0.5) is 0 Å². The summed E-state index contributed by atoms with van der Waals surface area (Å²) in [7, 11) is 0. The molecule has 2 rings (SSSR count). The van der Waals surface area contributed by atoms with Crippen molar-refractivity contribution in [1.29, 1.82) is 0 Å². The molecule has 0 aromatic rings. The molecule has 3 heteroatoms. The summed E-state index contributed by atoms with van der Waals surface area (Å²) in [4.78, 5) is 11.3. The van der Waals surface area contributed by atoms with Crippen molar-refractivity contribution in [2.45, 2.75) is 38.6 Å². The van der Waals surface area contributed by atoms with E-state index in [4.69, 9.17) is 4.74 Å². The van der Waals surface area contributed by atoms with Gasteiger partial charge < -0.3 is 10.1 Å². The zero-order valence-corrected chi connectivity index (χ0v) is 8.79. The highest BCUT2D eigenvalue weighted by Crippen LogP contribution is 2.38. The van der Waals surface area contributed by atoms with Gasteiger partial charge in [0, 0.05) is 6.04 Å². The van der Waals surface area contributed by atoms with Crippen molar-refractivity contribution in [2.75, 3.05) is 13.2 Å². The summed E-state index contributed by atoms with van der Waals surface area (Å²) in [6.07, 6.45) is 4.55. The first-order valence-corrected chi connectivity index (χ1v) is 5.70. The maximum Gasteiger partial charge on any atom is 0.307 e. The molecule has 14 heavy (non-hydrogen) atoms. The topological polar surface area (TPSA) is 38.3 Å². The zero-order valence-electron chi connectivity index (χ0n) is 8.79. The molecule has 1 heterocycles. The second-order valence-electron chi connectivity index (χ2n) is 4.38. The average molecular weight is 197 g/mol. The van der Waals surface area contributed by atoms with Crippen LogP contribution in [0, 0.1) is 11.8 Å². The van der Waals surface area contributed by atoms with E-state index < -0.39 is 0 Å². The first-order chi connectivity index (χ1) is 6.81. The molecule has 0 bridgehead atoms. The van der Waals surface area contributed by atoms with Crippen LogP contribution in [0.3, 0.4) is 0 Å². The lowest BCUT2D eigenvalue weighted by Crippen LogP contribution is -2.30. The van der Waals surface area contributed by atoms with E-state index in [-0.39, 0.29) is 5.97 Å². The molecule has 0 aromatic heterocycles. The Morgan fingerprint density at radius 3 is 3.14 bits per heavy atom. The summed E-state index contributed by atoms with van der Waals surface area (Å²) in [5, 5.41) is 3.45. The molecular weight excluding hydrogens is 178 g/mol. The van der Waals surface area contributed by atoms with Gasteiger partial charge in [0.15, 0.2) is 0 Å². The van der Waals surface area contributed by atoms with E-state index in [9.17, 15) is 4.79 Å². The highest BCUT2D eigenvalue weighted by atomic mass is 16.5. The van der Waals surface area contributed by atoms with Crippen molar-refractivity contribution in [1.82, 2.24) is 5.32 Å². The van der Waals surface area contributed by atoms with E-state index in [1.165, 1.54) is 19.3 Å². The molecule has 0 radical (unpaired) electrons. The fourth-order valence-corrected chi connectivity index (χ4v) is 2.93. The van der Waals surface area contributed by atoms with E-state index in [1.54, 1.807) is 0 Å². The Kier molecular flexibility index (Phi) is 3.06. The Morgan fingerprint density at radius 1 is 1.50 bits per heavy atom. The maximum atomic E-state index is 11.3. The summed E-state index contributed by atoms with van der Waals surface area (Å²) >= 11 is 0. The largest absolute Gasteiger partial charge is 0.466 e. The van der Waals surface area contributed by atoms with E-state index >= 15 is 0 Å². The SMILES string of the molecule is CCOC(=O)CC1NCC2CCCC21. The number of hydrogen-bond acceptors (Lipinski definition) is 3. The maximum absolute atomic E-state index is 11.3. The van der Waals surface area contributed by atoms with Crippen LogP contribution in [-0.2, 0) is 9.53 Å². The van der Waals surface area contributed by atoms with Crippen LogP contribution in [0.1, 0.15) is 32.6 Å². The van der Waals surface area contributed by atoms with Crippen molar-refractivity contribution >= 4 is 5.97 Å². The van der Waals surface area contributed by atoms with Gasteiger partial charge in [-0.05, 0) is 38.1 Å². The molecule has 0 aromatic carbocycles. The number of carbonyl (C=O) groups excluding carboxylic acids is 1. The predicted octanol–water partition coefficient (Wildman–Crippen LogP) is 1.33. The van der Waals surface area contributed by atoms with Gasteiger partial charge in [0.05, 0.1) is 13.0 Å². The molecule has 3 nitrogen and oxygen atoms in total. The van der Waals surface area contributed by atoms with E-state index in [2.05, 4.69) is 5.32 Å². The van der Waals surface area contributed by atoms with Crippen LogP contribution in [0.2, 0.25) is 0 Å². The minimum atomic E-state index is -0.0439. The standard InChI is InChI=1S/C11H19NO2/c1-2-14-11(13)6-10-9-5-3-4-8(9)7-12-10/h8-10,12H,2-7H2,1H3. The summed E-state index contributed by atoms with van der Waals surface area (Å²) < 4.78 is 4.97. The Hall–Kier alpha value is -0.570. The van der Waals surface area contributed by atoms with Crippen molar-refractivity contribution in [3.05, 3.63) is 0 Å². The van der Waals surface area contributed by atoms with Crippen LogP contribution in [0.25, 0.3) is 0 Å². The fraction of sp³-hybridized carbons (Fsp3) is 0.909. The molecule has 0 amide bonds. The number of rotatable bonds is 3. The normalized spacial score (nSPS) is 35.6. The molecule has 1 N–H and O–H groups in total. The van der Waals surface area contributed by atoms with Crippen molar-refractivity contribution in [2.24, 2.45) is 11.8 Å². The molecular formula is C11H19NO2. The summed E-state index contributed by atoms with van der Waals surface area (Å²) in [6, 6.07) is 0.390. The number of carbonyl (C=O) groups is 1. The van der Waals surface area contributed by atoms with Crippen LogP contribution < -0.4 is 5.32 Å². The van der Waals surface area contributed by atoms with Crippen LogP contribution in [0.5, 0.6) is 0 Å². The molecule has 3 atom stereocenters. The molecule has 0 spiro atoms. The van der Waals surface area contributed by atoms with Crippen molar-refractivity contribution in [3.8, 4) is 0 Å². The van der Waals surface area contributed by atoms with Crippen LogP contribution in [-0.4, -0.2) is 25.2 Å². The quantitative estimate of drug-likeness (QED) is 0.694. The fourth-order valence-electron chi connectivity index (χ4n) is 2.93. The lowest BCUT2D eigenvalue weighted by atomic mass is 9.92. The molecule has 1 aliphatic carbocycles. The monoisotopic (exact) mass is 197 g/mol. The summed E-state index contributed by atoms with van der Waals surface area (Å²) in [5.74, 6) is 1.52. The molecule has 2 aliphatic rings. The lowest BCUT2D eigenvalue weighted by molar-refractivity contribution is -0.143. The third-order valence-electron chi connectivity index (χ3n) is 3.57.